The third kappa shape index (κ3) is 3.52. The highest BCUT2D eigenvalue weighted by Gasteiger charge is 2.37. The van der Waals surface area contributed by atoms with Gasteiger partial charge in [0.1, 0.15) is 5.56 Å². The summed E-state index contributed by atoms with van der Waals surface area (Å²) in [5.41, 5.74) is -0.239. The van der Waals surface area contributed by atoms with Gasteiger partial charge < -0.3 is 14.8 Å². The van der Waals surface area contributed by atoms with Crippen molar-refractivity contribution in [3.63, 3.8) is 0 Å². The molecule has 130 valence electrons. The highest BCUT2D eigenvalue weighted by atomic mass is 16.2. The van der Waals surface area contributed by atoms with Crippen LogP contribution in [0.15, 0.2) is 23.1 Å². The van der Waals surface area contributed by atoms with Crippen LogP contribution in [0.2, 0.25) is 0 Å². The van der Waals surface area contributed by atoms with Gasteiger partial charge in [-0.15, -0.1) is 0 Å². The maximum Gasteiger partial charge on any atom is 0.260 e. The first-order valence-electron chi connectivity index (χ1n) is 8.74. The summed E-state index contributed by atoms with van der Waals surface area (Å²) in [7, 11) is 0. The third-order valence-electron chi connectivity index (χ3n) is 4.98. The Morgan fingerprint density at radius 1 is 1.33 bits per heavy atom. The van der Waals surface area contributed by atoms with Gasteiger partial charge in [0.2, 0.25) is 5.91 Å². The minimum atomic E-state index is -0.381. The van der Waals surface area contributed by atoms with Gasteiger partial charge >= 0.3 is 0 Å². The molecule has 1 aromatic rings. The Bertz CT molecular complexity index is 678. The first kappa shape index (κ1) is 16.7. The van der Waals surface area contributed by atoms with Crippen LogP contribution in [-0.4, -0.2) is 52.3 Å². The Hall–Kier alpha value is -2.11. The number of aromatic nitrogens is 1. The molecule has 3 rings (SSSR count). The van der Waals surface area contributed by atoms with Crippen LogP contribution in [0.25, 0.3) is 0 Å². The van der Waals surface area contributed by atoms with E-state index in [1.807, 2.05) is 4.90 Å². The quantitative estimate of drug-likeness (QED) is 0.908. The fourth-order valence-electron chi connectivity index (χ4n) is 3.31. The number of pyridine rings is 1. The Kier molecular flexibility index (Phi) is 4.73. The maximum atomic E-state index is 12.8. The molecule has 6 heteroatoms. The second-order valence-electron chi connectivity index (χ2n) is 7.21. The summed E-state index contributed by atoms with van der Waals surface area (Å²) in [6, 6.07) is 3.20. The molecular formula is C18H25N3O3. The molecule has 2 amide bonds. The van der Waals surface area contributed by atoms with Crippen LogP contribution in [0.5, 0.6) is 0 Å². The monoisotopic (exact) mass is 331 g/mol. The zero-order valence-corrected chi connectivity index (χ0v) is 14.3. The lowest BCUT2D eigenvalue weighted by Crippen LogP contribution is -2.48. The second-order valence-corrected chi connectivity index (χ2v) is 7.21. The molecule has 1 N–H and O–H groups in total. The van der Waals surface area contributed by atoms with Gasteiger partial charge in [-0.2, -0.15) is 0 Å². The highest BCUT2D eigenvalue weighted by molar-refractivity contribution is 5.94. The highest BCUT2D eigenvalue weighted by Crippen LogP contribution is 2.32. The maximum absolute atomic E-state index is 12.8. The summed E-state index contributed by atoms with van der Waals surface area (Å²) in [5, 5.41) is 0. The van der Waals surface area contributed by atoms with Crippen LogP contribution in [0.3, 0.4) is 0 Å². The van der Waals surface area contributed by atoms with E-state index in [2.05, 4.69) is 18.8 Å². The second kappa shape index (κ2) is 6.79. The number of H-pyrrole nitrogens is 1. The van der Waals surface area contributed by atoms with Crippen molar-refractivity contribution in [2.75, 3.05) is 19.6 Å². The van der Waals surface area contributed by atoms with Crippen LogP contribution in [0, 0.1) is 11.8 Å². The Balaban J connectivity index is 1.82. The summed E-state index contributed by atoms with van der Waals surface area (Å²) in [5.74, 6) is 0.714. The van der Waals surface area contributed by atoms with Crippen molar-refractivity contribution < 1.29 is 9.59 Å². The van der Waals surface area contributed by atoms with Gasteiger partial charge in [0.25, 0.3) is 11.5 Å². The van der Waals surface area contributed by atoms with Crippen LogP contribution in [0.1, 0.15) is 43.5 Å². The van der Waals surface area contributed by atoms with Crippen molar-refractivity contribution in [1.29, 1.82) is 0 Å². The van der Waals surface area contributed by atoms with Crippen LogP contribution < -0.4 is 5.56 Å². The van der Waals surface area contributed by atoms with Crippen molar-refractivity contribution in [3.8, 4) is 0 Å². The Morgan fingerprint density at radius 3 is 2.71 bits per heavy atom. The number of nitrogens with one attached hydrogen (secondary N) is 1. The number of aromatic amines is 1. The standard InChI is InChI=1S/C18H25N3O3/c1-12(2)15-11-20(18(24)14-4-3-8-19-17(14)23)9-7-16(22)21(15)10-13-5-6-13/h3-4,8,12-13,15H,5-7,9-11H2,1-2H3,(H,19,23). The van der Waals surface area contributed by atoms with E-state index < -0.39 is 0 Å². The van der Waals surface area contributed by atoms with E-state index in [1.165, 1.54) is 19.0 Å². The summed E-state index contributed by atoms with van der Waals surface area (Å²) in [6.45, 7) is 5.83. The number of nitrogens with zero attached hydrogens (tertiary/aromatic N) is 2. The molecule has 2 fully saturated rings. The number of carbonyl (C=O) groups is 2. The normalized spacial score (nSPS) is 22.0. The van der Waals surface area contributed by atoms with Crippen molar-refractivity contribution in [2.24, 2.45) is 11.8 Å². The first-order valence-corrected chi connectivity index (χ1v) is 8.74. The predicted molar refractivity (Wildman–Crippen MR) is 90.6 cm³/mol. The fourth-order valence-corrected chi connectivity index (χ4v) is 3.31. The van der Waals surface area contributed by atoms with Gasteiger partial charge in [0.15, 0.2) is 0 Å². The Morgan fingerprint density at radius 2 is 2.08 bits per heavy atom. The Labute approximate surface area is 141 Å². The molecule has 6 nitrogen and oxygen atoms in total. The predicted octanol–water partition coefficient (Wildman–Crippen LogP) is 1.48. The van der Waals surface area contributed by atoms with Gasteiger partial charge in [0, 0.05) is 32.3 Å². The van der Waals surface area contributed by atoms with E-state index in [0.717, 1.165) is 6.54 Å². The average Bonchev–Trinajstić information content (AvgIpc) is 3.37. The zero-order chi connectivity index (χ0) is 17.3. The molecule has 0 radical (unpaired) electrons. The summed E-state index contributed by atoms with van der Waals surface area (Å²) in [4.78, 5) is 43.4. The molecule has 1 aliphatic heterocycles. The zero-order valence-electron chi connectivity index (χ0n) is 14.3. The number of amides is 2. The fraction of sp³-hybridized carbons (Fsp3) is 0.611. The summed E-state index contributed by atoms with van der Waals surface area (Å²) in [6.07, 6.45) is 4.22. The lowest BCUT2D eigenvalue weighted by atomic mass is 10.0. The molecule has 0 bridgehead atoms. The molecule has 1 saturated carbocycles. The van der Waals surface area contributed by atoms with Crippen LogP contribution in [0.4, 0.5) is 0 Å². The lowest BCUT2D eigenvalue weighted by molar-refractivity contribution is -0.133. The number of carbonyl (C=O) groups excluding carboxylic acids is 2. The van der Waals surface area contributed by atoms with Crippen LogP contribution >= 0.6 is 0 Å². The molecule has 2 aliphatic rings. The molecule has 0 spiro atoms. The van der Waals surface area contributed by atoms with Crippen molar-refractivity contribution in [3.05, 3.63) is 34.2 Å². The van der Waals surface area contributed by atoms with E-state index in [1.54, 1.807) is 17.0 Å². The summed E-state index contributed by atoms with van der Waals surface area (Å²) < 4.78 is 0. The van der Waals surface area contributed by atoms with Crippen molar-refractivity contribution >= 4 is 11.8 Å². The molecule has 1 atom stereocenters. The molecule has 0 aromatic carbocycles. The van der Waals surface area contributed by atoms with E-state index in [9.17, 15) is 14.4 Å². The topological polar surface area (TPSA) is 73.5 Å². The van der Waals surface area contributed by atoms with Crippen molar-refractivity contribution in [1.82, 2.24) is 14.8 Å². The SMILES string of the molecule is CC(C)C1CN(C(=O)c2ccc[nH]c2=O)CCC(=O)N1CC1CC1. The molecule has 1 saturated heterocycles. The van der Waals surface area contributed by atoms with Gasteiger partial charge in [-0.05, 0) is 36.8 Å². The lowest BCUT2D eigenvalue weighted by Gasteiger charge is -2.34. The average molecular weight is 331 g/mol. The largest absolute Gasteiger partial charge is 0.337 e. The third-order valence-corrected chi connectivity index (χ3v) is 4.98. The van der Waals surface area contributed by atoms with Crippen molar-refractivity contribution in [2.45, 2.75) is 39.2 Å². The van der Waals surface area contributed by atoms with E-state index in [0.29, 0.717) is 25.4 Å². The molecule has 24 heavy (non-hydrogen) atoms. The first-order chi connectivity index (χ1) is 11.5. The number of hydrogen-bond donors (Lipinski definition) is 1. The number of rotatable bonds is 4. The molecule has 1 aromatic heterocycles. The minimum absolute atomic E-state index is 0.00680. The molecule has 1 unspecified atom stereocenters. The van der Waals surface area contributed by atoms with E-state index >= 15 is 0 Å². The molecule has 2 heterocycles. The smallest absolute Gasteiger partial charge is 0.260 e. The van der Waals surface area contributed by atoms with Gasteiger partial charge in [0.05, 0.1) is 6.04 Å². The van der Waals surface area contributed by atoms with Crippen LogP contribution in [-0.2, 0) is 4.79 Å². The van der Waals surface area contributed by atoms with E-state index in [4.69, 9.17) is 0 Å². The van der Waals surface area contributed by atoms with Gasteiger partial charge in [-0.25, -0.2) is 0 Å². The minimum Gasteiger partial charge on any atom is -0.337 e. The molecular weight excluding hydrogens is 306 g/mol. The molecule has 1 aliphatic carbocycles. The van der Waals surface area contributed by atoms with Gasteiger partial charge in [-0.3, -0.25) is 14.4 Å². The summed E-state index contributed by atoms with van der Waals surface area (Å²) >= 11 is 0. The van der Waals surface area contributed by atoms with Gasteiger partial charge in [-0.1, -0.05) is 13.8 Å². The van der Waals surface area contributed by atoms with E-state index in [-0.39, 0.29) is 34.9 Å². The number of hydrogen-bond acceptors (Lipinski definition) is 3.